The van der Waals surface area contributed by atoms with Crippen LogP contribution >= 0.6 is 11.3 Å². The molecule has 0 spiro atoms. The molecule has 2 aromatic rings. The molecule has 0 unspecified atom stereocenters. The second-order valence-corrected chi connectivity index (χ2v) is 7.24. The molecular formula is C16H21N5OS. The van der Waals surface area contributed by atoms with Crippen LogP contribution in [0.1, 0.15) is 28.9 Å². The van der Waals surface area contributed by atoms with Crippen molar-refractivity contribution < 1.29 is 4.79 Å². The van der Waals surface area contributed by atoms with E-state index in [-0.39, 0.29) is 5.91 Å². The third kappa shape index (κ3) is 2.79. The Morgan fingerprint density at radius 3 is 3.00 bits per heavy atom. The summed E-state index contributed by atoms with van der Waals surface area (Å²) in [6.45, 7) is 6.62. The van der Waals surface area contributed by atoms with Crippen LogP contribution < -0.4 is 5.32 Å². The zero-order valence-electron chi connectivity index (χ0n) is 13.2. The maximum absolute atomic E-state index is 12.1. The number of fused-ring (bicyclic) bond motifs is 2. The van der Waals surface area contributed by atoms with Crippen molar-refractivity contribution in [2.24, 2.45) is 11.8 Å². The van der Waals surface area contributed by atoms with Gasteiger partial charge in [-0.1, -0.05) is 0 Å². The Labute approximate surface area is 139 Å². The number of thiophene rings is 1. The number of nitrogens with one attached hydrogen (secondary N) is 1. The first-order chi connectivity index (χ1) is 11.2. The van der Waals surface area contributed by atoms with Crippen LogP contribution in [0.4, 0.5) is 0 Å². The summed E-state index contributed by atoms with van der Waals surface area (Å²) >= 11 is 1.76. The first-order valence-electron chi connectivity index (χ1n) is 8.18. The first-order valence-corrected chi connectivity index (χ1v) is 9.12. The maximum Gasteiger partial charge on any atom is 0.289 e. The third-order valence-corrected chi connectivity index (χ3v) is 5.60. The van der Waals surface area contributed by atoms with Gasteiger partial charge in [0.25, 0.3) is 5.91 Å². The molecule has 6 nitrogen and oxygen atoms in total. The van der Waals surface area contributed by atoms with E-state index >= 15 is 0 Å². The average Bonchev–Trinajstić information content (AvgIpc) is 3.23. The summed E-state index contributed by atoms with van der Waals surface area (Å²) in [5, 5.41) is 15.6. The highest BCUT2D eigenvalue weighted by Crippen LogP contribution is 2.33. The van der Waals surface area contributed by atoms with Gasteiger partial charge in [0.2, 0.25) is 5.82 Å². The lowest BCUT2D eigenvalue weighted by Gasteiger charge is -2.25. The van der Waals surface area contributed by atoms with Crippen molar-refractivity contribution in [2.45, 2.75) is 26.4 Å². The zero-order chi connectivity index (χ0) is 15.8. The molecule has 1 amide bonds. The quantitative estimate of drug-likeness (QED) is 0.920. The van der Waals surface area contributed by atoms with Crippen LogP contribution in [0.3, 0.4) is 0 Å². The highest BCUT2D eigenvalue weighted by Gasteiger charge is 2.38. The number of carbonyl (C=O) groups excluding carboxylic acids is 1. The summed E-state index contributed by atoms with van der Waals surface area (Å²) in [6.07, 6.45) is 0.928. The van der Waals surface area contributed by atoms with Crippen LogP contribution in [0, 0.1) is 11.8 Å². The van der Waals surface area contributed by atoms with E-state index in [2.05, 4.69) is 37.2 Å². The molecule has 1 saturated heterocycles. The number of hydrogen-bond acceptors (Lipinski definition) is 5. The van der Waals surface area contributed by atoms with Crippen LogP contribution in [0.15, 0.2) is 16.8 Å². The molecule has 0 aliphatic carbocycles. The molecule has 2 aliphatic heterocycles. The Balaban J connectivity index is 1.47. The number of hydrogen-bond donors (Lipinski definition) is 1. The number of likely N-dealkylation sites (tertiary alicyclic amines) is 1. The molecular weight excluding hydrogens is 310 g/mol. The van der Waals surface area contributed by atoms with E-state index < -0.39 is 0 Å². The Morgan fingerprint density at radius 2 is 2.22 bits per heavy atom. The molecule has 0 aromatic carbocycles. The molecule has 122 valence electrons. The van der Waals surface area contributed by atoms with Crippen LogP contribution in [0.5, 0.6) is 0 Å². The van der Waals surface area contributed by atoms with Gasteiger partial charge in [0, 0.05) is 39.1 Å². The maximum atomic E-state index is 12.1. The van der Waals surface area contributed by atoms with Gasteiger partial charge in [-0.3, -0.25) is 9.69 Å². The molecule has 0 saturated carbocycles. The molecule has 4 heterocycles. The van der Waals surface area contributed by atoms with Crippen molar-refractivity contribution in [3.8, 4) is 0 Å². The largest absolute Gasteiger partial charge is 0.350 e. The molecule has 4 rings (SSSR count). The zero-order valence-corrected chi connectivity index (χ0v) is 14.1. The minimum atomic E-state index is -0.113. The summed E-state index contributed by atoms with van der Waals surface area (Å²) in [4.78, 5) is 14.6. The van der Waals surface area contributed by atoms with Crippen molar-refractivity contribution in [1.29, 1.82) is 0 Å². The van der Waals surface area contributed by atoms with Gasteiger partial charge in [-0.15, -0.1) is 10.2 Å². The Hall–Kier alpha value is -1.73. The fourth-order valence-corrected chi connectivity index (χ4v) is 4.46. The molecule has 7 heteroatoms. The van der Waals surface area contributed by atoms with E-state index in [1.165, 1.54) is 5.56 Å². The second kappa shape index (κ2) is 6.05. The predicted molar refractivity (Wildman–Crippen MR) is 88.3 cm³/mol. The van der Waals surface area contributed by atoms with Crippen molar-refractivity contribution in [2.75, 3.05) is 19.6 Å². The van der Waals surface area contributed by atoms with Crippen LogP contribution in [0.25, 0.3) is 0 Å². The Kier molecular flexibility index (Phi) is 3.90. The monoisotopic (exact) mass is 331 g/mol. The third-order valence-electron chi connectivity index (χ3n) is 4.87. The Morgan fingerprint density at radius 1 is 1.35 bits per heavy atom. The van der Waals surface area contributed by atoms with Gasteiger partial charge in [0.05, 0.1) is 0 Å². The lowest BCUT2D eigenvalue weighted by atomic mass is 9.89. The minimum absolute atomic E-state index is 0.113. The highest BCUT2D eigenvalue weighted by molar-refractivity contribution is 7.07. The molecule has 1 N–H and O–H groups in total. The van der Waals surface area contributed by atoms with Crippen molar-refractivity contribution in [3.05, 3.63) is 34.0 Å². The molecule has 0 radical (unpaired) electrons. The van der Waals surface area contributed by atoms with Crippen molar-refractivity contribution in [1.82, 2.24) is 25.0 Å². The minimum Gasteiger partial charge on any atom is -0.350 e. The highest BCUT2D eigenvalue weighted by atomic mass is 32.1. The first kappa shape index (κ1) is 14.8. The van der Waals surface area contributed by atoms with E-state index in [1.807, 2.05) is 11.5 Å². The number of aromatic nitrogens is 3. The molecule has 2 aromatic heterocycles. The number of nitrogens with zero attached hydrogens (tertiary/aromatic N) is 4. The topological polar surface area (TPSA) is 63.1 Å². The van der Waals surface area contributed by atoms with E-state index in [1.54, 1.807) is 11.3 Å². The van der Waals surface area contributed by atoms with Gasteiger partial charge in [-0.2, -0.15) is 11.3 Å². The molecule has 23 heavy (non-hydrogen) atoms. The van der Waals surface area contributed by atoms with E-state index in [9.17, 15) is 4.79 Å². The fraction of sp³-hybridized carbons (Fsp3) is 0.562. The van der Waals surface area contributed by atoms with Crippen LogP contribution in [-0.4, -0.2) is 45.2 Å². The summed E-state index contributed by atoms with van der Waals surface area (Å²) in [5.74, 6) is 2.54. The lowest BCUT2D eigenvalue weighted by molar-refractivity contribution is 0.0937. The molecule has 0 bridgehead atoms. The lowest BCUT2D eigenvalue weighted by Crippen LogP contribution is -2.33. The normalized spacial score (nSPS) is 23.5. The van der Waals surface area contributed by atoms with E-state index in [0.717, 1.165) is 38.4 Å². The molecule has 1 fully saturated rings. The van der Waals surface area contributed by atoms with Gasteiger partial charge >= 0.3 is 0 Å². The standard InChI is InChI=1S/C16H21N5OS/c1-2-17-16(22)15-19-18-14-5-12-7-20(6-11-3-4-23-10-11)8-13(12)9-21(14)15/h3-4,10,12-13H,2,5-9H2,1H3,(H,17,22)/t12-,13+/m1/s1. The van der Waals surface area contributed by atoms with Crippen molar-refractivity contribution in [3.63, 3.8) is 0 Å². The second-order valence-electron chi connectivity index (χ2n) is 6.46. The summed E-state index contributed by atoms with van der Waals surface area (Å²) < 4.78 is 2.03. The van der Waals surface area contributed by atoms with Gasteiger partial charge < -0.3 is 9.88 Å². The predicted octanol–water partition coefficient (Wildman–Crippen LogP) is 1.39. The Bertz CT molecular complexity index is 695. The number of carbonyl (C=O) groups is 1. The SMILES string of the molecule is CCNC(=O)c1nnc2n1C[C@@H]1CN(Cc3ccsc3)C[C@H]1C2. The van der Waals surface area contributed by atoms with E-state index in [4.69, 9.17) is 0 Å². The number of amides is 1. The van der Waals surface area contributed by atoms with Crippen molar-refractivity contribution >= 4 is 17.2 Å². The van der Waals surface area contributed by atoms with Crippen LogP contribution in [0.2, 0.25) is 0 Å². The van der Waals surface area contributed by atoms with E-state index in [0.29, 0.717) is 24.2 Å². The van der Waals surface area contributed by atoms with Crippen LogP contribution in [-0.2, 0) is 19.5 Å². The number of rotatable bonds is 4. The smallest absolute Gasteiger partial charge is 0.289 e. The van der Waals surface area contributed by atoms with Gasteiger partial charge in [-0.05, 0) is 41.1 Å². The average molecular weight is 331 g/mol. The fourth-order valence-electron chi connectivity index (χ4n) is 3.80. The van der Waals surface area contributed by atoms with Gasteiger partial charge in [0.1, 0.15) is 5.82 Å². The molecule has 2 aliphatic rings. The van der Waals surface area contributed by atoms with Gasteiger partial charge in [-0.25, -0.2) is 0 Å². The van der Waals surface area contributed by atoms with Gasteiger partial charge in [0.15, 0.2) is 0 Å². The molecule has 2 atom stereocenters. The summed E-state index contributed by atoms with van der Waals surface area (Å²) in [5.41, 5.74) is 1.40. The summed E-state index contributed by atoms with van der Waals surface area (Å²) in [7, 11) is 0. The summed E-state index contributed by atoms with van der Waals surface area (Å²) in [6, 6.07) is 2.20.